The maximum Gasteiger partial charge on any atom is 0.329 e. The van der Waals surface area contributed by atoms with Crippen molar-refractivity contribution in [2.75, 3.05) is 37.6 Å². The van der Waals surface area contributed by atoms with Gasteiger partial charge in [-0.15, -0.1) is 0 Å². The first-order valence-electron chi connectivity index (χ1n) is 15.0. The second kappa shape index (κ2) is 13.5. The number of carboxylic acid groups (broad SMARTS) is 1. The molecule has 0 spiro atoms. The van der Waals surface area contributed by atoms with Gasteiger partial charge in [0.1, 0.15) is 12.6 Å². The second-order valence-electron chi connectivity index (χ2n) is 11.6. The molecule has 17 nitrogen and oxygen atoms in total. The van der Waals surface area contributed by atoms with E-state index >= 15 is 0 Å². The number of aromatic nitrogens is 8. The summed E-state index contributed by atoms with van der Waals surface area (Å²) in [5.41, 5.74) is -1.36. The van der Waals surface area contributed by atoms with E-state index in [2.05, 4.69) is 40.8 Å². The molecule has 2 aliphatic rings. The molecule has 45 heavy (non-hydrogen) atoms. The maximum absolute atomic E-state index is 12.6. The lowest BCUT2D eigenvalue weighted by molar-refractivity contribution is -0.908. The summed E-state index contributed by atoms with van der Waals surface area (Å²) in [6.07, 6.45) is 6.47. The molecule has 6 rings (SSSR count). The van der Waals surface area contributed by atoms with Gasteiger partial charge in [0.2, 0.25) is 5.95 Å². The zero-order chi connectivity index (χ0) is 32.4. The minimum Gasteiger partial charge on any atom is -0.548 e. The number of piperidine rings is 2. The van der Waals surface area contributed by atoms with Crippen molar-refractivity contribution in [1.29, 1.82) is 0 Å². The molecule has 4 aromatic heterocycles. The summed E-state index contributed by atoms with van der Waals surface area (Å²) in [4.78, 5) is 74.7. The van der Waals surface area contributed by atoms with Crippen LogP contribution in [0.3, 0.4) is 0 Å². The standard InChI is InChI=1S/C19H30N6O3.C8H7BrN4O4/c1-22-16-15(17(27)21-19(22)28)25(18(20-16)24-10-6-3-7-11-24)13-14(26)12-23-8-4-2-5-9-23;1-12-5-4(6(16)11-8(12)17)13(2-3(14)15)7(9)10-5/h14,26H,2-13H2,1H3,(H,21,27,28);2H2,1H3,(H,14,15)(H,11,16,17). The Labute approximate surface area is 263 Å². The van der Waals surface area contributed by atoms with E-state index in [1.165, 1.54) is 42.2 Å². The van der Waals surface area contributed by atoms with Gasteiger partial charge in [0, 0.05) is 27.2 Å². The monoisotopic (exact) mass is 692 g/mol. The number of aliphatic hydroxyl groups is 1. The van der Waals surface area contributed by atoms with Gasteiger partial charge in [-0.2, -0.15) is 4.98 Å². The largest absolute Gasteiger partial charge is 0.548 e. The number of fused-ring (bicyclic) bond motifs is 2. The van der Waals surface area contributed by atoms with E-state index in [1.807, 2.05) is 4.57 Å². The fourth-order valence-electron chi connectivity index (χ4n) is 6.08. The molecule has 2 saturated heterocycles. The summed E-state index contributed by atoms with van der Waals surface area (Å²) in [6.45, 7) is 4.39. The number of hydrogen-bond acceptors (Lipinski definition) is 10. The van der Waals surface area contributed by atoms with Crippen LogP contribution in [0.25, 0.3) is 22.3 Å². The smallest absolute Gasteiger partial charge is 0.329 e. The van der Waals surface area contributed by atoms with E-state index in [4.69, 9.17) is 0 Å². The fourth-order valence-corrected chi connectivity index (χ4v) is 6.55. The number of carbonyl (C=O) groups excluding carboxylic acids is 1. The van der Waals surface area contributed by atoms with Crippen molar-refractivity contribution in [2.24, 2.45) is 14.1 Å². The van der Waals surface area contributed by atoms with Crippen LogP contribution in [0.15, 0.2) is 23.9 Å². The molecule has 244 valence electrons. The quantitative estimate of drug-likeness (QED) is 0.142. The third-order valence-corrected chi connectivity index (χ3v) is 8.96. The molecular weight excluding hydrogens is 656 g/mol. The average molecular weight is 694 g/mol. The zero-order valence-electron chi connectivity index (χ0n) is 25.2. The molecule has 0 aromatic carbocycles. The lowest BCUT2D eigenvalue weighted by atomic mass is 10.1. The zero-order valence-corrected chi connectivity index (χ0v) is 26.8. The Bertz CT molecular complexity index is 1940. The Balaban J connectivity index is 0.000000201. The van der Waals surface area contributed by atoms with Gasteiger partial charge in [-0.05, 0) is 54.5 Å². The molecule has 6 heterocycles. The highest BCUT2D eigenvalue weighted by Crippen LogP contribution is 2.23. The van der Waals surface area contributed by atoms with Crippen LogP contribution in [0.1, 0.15) is 38.5 Å². The summed E-state index contributed by atoms with van der Waals surface area (Å²) < 4.78 is 5.58. The third kappa shape index (κ3) is 6.81. The summed E-state index contributed by atoms with van der Waals surface area (Å²) in [7, 11) is 3.04. The van der Waals surface area contributed by atoms with Crippen LogP contribution >= 0.6 is 15.9 Å². The molecule has 4 aromatic rings. The van der Waals surface area contributed by atoms with E-state index in [-0.39, 0.29) is 15.9 Å². The van der Waals surface area contributed by atoms with Crippen LogP contribution < -0.4 is 37.4 Å². The number of hydrogen-bond donors (Lipinski definition) is 4. The molecule has 2 aliphatic heterocycles. The minimum absolute atomic E-state index is 0.00294. The first kappa shape index (κ1) is 32.4. The molecule has 1 atom stereocenters. The highest BCUT2D eigenvalue weighted by molar-refractivity contribution is 9.10. The van der Waals surface area contributed by atoms with E-state index in [0.717, 1.165) is 48.2 Å². The predicted octanol–water partition coefficient (Wildman–Crippen LogP) is -3.22. The molecule has 2 fully saturated rings. The number of halogens is 1. The molecule has 0 radical (unpaired) electrons. The normalized spacial score (nSPS) is 16.6. The summed E-state index contributed by atoms with van der Waals surface area (Å²) in [5, 5.41) is 21.4. The van der Waals surface area contributed by atoms with Crippen LogP contribution in [-0.2, 0) is 32.0 Å². The third-order valence-electron chi connectivity index (χ3n) is 8.35. The van der Waals surface area contributed by atoms with Crippen molar-refractivity contribution in [1.82, 2.24) is 38.2 Å². The van der Waals surface area contributed by atoms with Crippen molar-refractivity contribution < 1.29 is 19.9 Å². The van der Waals surface area contributed by atoms with Crippen molar-refractivity contribution in [3.8, 4) is 0 Å². The number of carboxylic acids is 1. The molecule has 1 unspecified atom stereocenters. The maximum atomic E-state index is 12.6. The number of aliphatic carboxylic acids is 1. The predicted molar refractivity (Wildman–Crippen MR) is 165 cm³/mol. The molecule has 0 bridgehead atoms. The van der Waals surface area contributed by atoms with Crippen LogP contribution in [0.2, 0.25) is 0 Å². The fraction of sp³-hybridized carbons (Fsp3) is 0.593. The lowest BCUT2D eigenvalue weighted by Crippen LogP contribution is -3.13. The number of H-pyrrole nitrogens is 2. The lowest BCUT2D eigenvalue weighted by Gasteiger charge is -2.29. The topological polar surface area (TPSA) is 213 Å². The number of nitrogens with zero attached hydrogens (tertiary/aromatic N) is 7. The summed E-state index contributed by atoms with van der Waals surface area (Å²) in [5.74, 6) is -0.674. The van der Waals surface area contributed by atoms with E-state index < -0.39 is 41.1 Å². The van der Waals surface area contributed by atoms with Gasteiger partial charge < -0.3 is 33.9 Å². The van der Waals surface area contributed by atoms with Crippen molar-refractivity contribution in [2.45, 2.75) is 57.7 Å². The molecule has 4 N–H and O–H groups in total. The van der Waals surface area contributed by atoms with Crippen LogP contribution in [-0.4, -0.2) is 88.1 Å². The van der Waals surface area contributed by atoms with Crippen molar-refractivity contribution in [3.63, 3.8) is 0 Å². The summed E-state index contributed by atoms with van der Waals surface area (Å²) in [6, 6.07) is 0. The molecule has 18 heteroatoms. The number of aliphatic hydroxyl groups excluding tert-OH is 1. The van der Waals surface area contributed by atoms with E-state index in [0.29, 0.717) is 30.2 Å². The SMILES string of the molecule is Cn1c(=O)[nH]c(=O)c2c1nc(Br)n2CC(=O)[O-].Cn1c(=O)[nH]c(=O)c2c1nc(N1CCCCC1)n2CC(O)C[NH+]1CCCCC1. The minimum atomic E-state index is -1.36. The number of rotatable bonds is 7. The van der Waals surface area contributed by atoms with Crippen LogP contribution in [0.5, 0.6) is 0 Å². The highest BCUT2D eigenvalue weighted by Gasteiger charge is 2.26. The molecule has 0 saturated carbocycles. The Kier molecular flexibility index (Phi) is 9.73. The molecule has 0 amide bonds. The van der Waals surface area contributed by atoms with Gasteiger partial charge in [0.25, 0.3) is 11.1 Å². The van der Waals surface area contributed by atoms with Crippen molar-refractivity contribution in [3.05, 3.63) is 46.4 Å². The Hall–Kier alpha value is -4.03. The molecular formula is C27H37BrN10O7. The number of aryl methyl sites for hydroxylation is 2. The first-order valence-corrected chi connectivity index (χ1v) is 15.8. The number of imidazole rings is 2. The summed E-state index contributed by atoms with van der Waals surface area (Å²) >= 11 is 3.02. The number of carbonyl (C=O) groups is 1. The van der Waals surface area contributed by atoms with Gasteiger partial charge in [0.15, 0.2) is 27.1 Å². The second-order valence-corrected chi connectivity index (χ2v) is 12.3. The van der Waals surface area contributed by atoms with Crippen LogP contribution in [0.4, 0.5) is 5.95 Å². The highest BCUT2D eigenvalue weighted by atomic mass is 79.9. The van der Waals surface area contributed by atoms with Gasteiger partial charge >= 0.3 is 11.4 Å². The Morgan fingerprint density at radius 1 is 0.889 bits per heavy atom. The number of likely N-dealkylation sites (tertiary alicyclic amines) is 1. The first-order chi connectivity index (χ1) is 21.5. The number of aromatic amines is 2. The van der Waals surface area contributed by atoms with Crippen molar-refractivity contribution >= 4 is 50.2 Å². The van der Waals surface area contributed by atoms with Gasteiger partial charge in [-0.25, -0.2) is 14.6 Å². The average Bonchev–Trinajstić information content (AvgIpc) is 3.54. The van der Waals surface area contributed by atoms with Crippen LogP contribution in [0, 0.1) is 0 Å². The Morgan fingerprint density at radius 3 is 2.00 bits per heavy atom. The van der Waals surface area contributed by atoms with Gasteiger partial charge in [0.05, 0.1) is 32.1 Å². The van der Waals surface area contributed by atoms with Gasteiger partial charge in [-0.1, -0.05) is 0 Å². The number of anilines is 1. The van der Waals surface area contributed by atoms with Gasteiger partial charge in [-0.3, -0.25) is 28.7 Å². The molecule has 0 aliphatic carbocycles. The Morgan fingerprint density at radius 2 is 1.42 bits per heavy atom. The number of quaternary nitrogens is 1. The van der Waals surface area contributed by atoms with E-state index in [1.54, 1.807) is 7.05 Å². The number of nitrogens with one attached hydrogen (secondary N) is 3. The van der Waals surface area contributed by atoms with E-state index in [9.17, 15) is 34.2 Å².